The minimum Gasteiger partial charge on any atom is -0.487 e. The second kappa shape index (κ2) is 9.61. The molecular weight excluding hydrogens is 553 g/mol. The topological polar surface area (TPSA) is 26.3 Å². The normalized spacial score (nSPS) is 23.9. The smallest absolute Gasteiger partial charge is 0.403 e. The van der Waals surface area contributed by atoms with Gasteiger partial charge in [0.25, 0.3) is 0 Å². The zero-order chi connectivity index (χ0) is 24.8. The zero-order valence-electron chi connectivity index (χ0n) is 16.5. The first-order valence-electron chi connectivity index (χ1n) is 8.54. The summed E-state index contributed by atoms with van der Waals surface area (Å²) < 4.78 is 166. The van der Waals surface area contributed by atoms with E-state index in [2.05, 4.69) is 11.3 Å². The molecular formula is C17H17F12O2Y-. The van der Waals surface area contributed by atoms with Gasteiger partial charge >= 0.3 is 24.7 Å². The SMILES string of the molecule is C=[C-]C(=O)OC1CC(C(C)(C(F)(F)F)C(F)(F)F)CC(C(C)(C(F)(F)F)C(F)(F)F)C1.[Y]. The Morgan fingerprint density at radius 2 is 1.00 bits per heavy atom. The van der Waals surface area contributed by atoms with Gasteiger partial charge in [0.15, 0.2) is 10.8 Å². The van der Waals surface area contributed by atoms with Crippen LogP contribution in [0.2, 0.25) is 0 Å². The van der Waals surface area contributed by atoms with E-state index in [9.17, 15) is 57.5 Å². The minimum atomic E-state index is -6.07. The van der Waals surface area contributed by atoms with Crippen molar-refractivity contribution in [3.05, 3.63) is 12.7 Å². The summed E-state index contributed by atoms with van der Waals surface area (Å²) in [5.41, 5.74) is -9.31. The predicted octanol–water partition coefficient (Wildman–Crippen LogP) is 6.56. The van der Waals surface area contributed by atoms with E-state index in [1.165, 1.54) is 0 Å². The number of carbonyl (C=O) groups is 1. The fourth-order valence-corrected chi connectivity index (χ4v) is 3.75. The van der Waals surface area contributed by atoms with Crippen LogP contribution in [-0.2, 0) is 42.2 Å². The van der Waals surface area contributed by atoms with E-state index in [-0.39, 0.29) is 46.6 Å². The van der Waals surface area contributed by atoms with Crippen LogP contribution in [0.3, 0.4) is 0 Å². The Hall–Kier alpha value is -0.526. The number of carbonyl (C=O) groups excluding carboxylic acids is 1. The third kappa shape index (κ3) is 5.57. The molecule has 0 N–H and O–H groups in total. The second-order valence-electron chi connectivity index (χ2n) is 7.70. The Morgan fingerprint density at radius 1 is 0.719 bits per heavy atom. The van der Waals surface area contributed by atoms with Crippen LogP contribution < -0.4 is 0 Å². The van der Waals surface area contributed by atoms with Gasteiger partial charge in [-0.2, -0.15) is 52.7 Å². The van der Waals surface area contributed by atoms with E-state index in [1.54, 1.807) is 6.08 Å². The van der Waals surface area contributed by atoms with E-state index in [1.807, 2.05) is 0 Å². The third-order valence-corrected chi connectivity index (χ3v) is 6.07. The Balaban J connectivity index is 0.00000961. The van der Waals surface area contributed by atoms with E-state index in [0.717, 1.165) is 0 Å². The molecule has 1 saturated carbocycles. The molecule has 0 aromatic carbocycles. The number of rotatable bonds is 4. The van der Waals surface area contributed by atoms with Crippen LogP contribution in [0.4, 0.5) is 52.7 Å². The van der Waals surface area contributed by atoms with E-state index >= 15 is 0 Å². The van der Waals surface area contributed by atoms with Crippen LogP contribution in [0.25, 0.3) is 0 Å². The van der Waals surface area contributed by atoms with Crippen molar-refractivity contribution in [1.82, 2.24) is 0 Å². The summed E-state index contributed by atoms with van der Waals surface area (Å²) in [5, 5.41) is 0. The van der Waals surface area contributed by atoms with Gasteiger partial charge in [0.05, 0.1) is 6.10 Å². The maximum absolute atomic E-state index is 13.4. The first-order chi connectivity index (χ1) is 13.5. The zero-order valence-corrected chi connectivity index (χ0v) is 19.3. The van der Waals surface area contributed by atoms with Gasteiger partial charge in [-0.1, -0.05) is 0 Å². The molecule has 0 heterocycles. The molecule has 0 aliphatic heterocycles. The van der Waals surface area contributed by atoms with Gasteiger partial charge in [0, 0.05) is 32.7 Å². The van der Waals surface area contributed by atoms with Crippen molar-refractivity contribution in [3.63, 3.8) is 0 Å². The molecule has 0 spiro atoms. The summed E-state index contributed by atoms with van der Waals surface area (Å²) in [7, 11) is 0. The van der Waals surface area contributed by atoms with Crippen LogP contribution in [0.15, 0.2) is 6.58 Å². The number of alkyl halides is 12. The van der Waals surface area contributed by atoms with E-state index in [4.69, 9.17) is 0 Å². The fraction of sp³-hybridized carbons (Fsp3) is 0.824. The number of hydrogen-bond donors (Lipinski definition) is 0. The first-order valence-corrected chi connectivity index (χ1v) is 8.54. The standard InChI is InChI=1S/C17H17F12O2.Y/c1-4-11(30)31-10-6-8(12(2,14(18,19)20)15(21,22)23)5-9(7-10)13(3,16(24,25)26)17(27,28)29;/h8-10H,1,5-7H2,2-3H3;/q-1;. The van der Waals surface area contributed by atoms with Gasteiger partial charge < -0.3 is 10.8 Å². The molecule has 32 heavy (non-hydrogen) atoms. The summed E-state index contributed by atoms with van der Waals surface area (Å²) in [5.74, 6) is -7.12. The Labute approximate surface area is 200 Å². The number of esters is 1. The molecule has 0 aromatic heterocycles. The third-order valence-electron chi connectivity index (χ3n) is 6.07. The van der Waals surface area contributed by atoms with Crippen LogP contribution in [0.5, 0.6) is 0 Å². The van der Waals surface area contributed by atoms with Crippen molar-refractivity contribution in [1.29, 1.82) is 0 Å². The predicted molar refractivity (Wildman–Crippen MR) is 80.0 cm³/mol. The van der Waals surface area contributed by atoms with Crippen molar-refractivity contribution in [2.75, 3.05) is 0 Å². The number of halogens is 12. The molecule has 1 fully saturated rings. The molecule has 1 aliphatic rings. The summed E-state index contributed by atoms with van der Waals surface area (Å²) in [6.45, 7) is 2.13. The Kier molecular flexibility index (Phi) is 9.46. The largest absolute Gasteiger partial charge is 0.487 e. The summed E-state index contributed by atoms with van der Waals surface area (Å²) in [6, 6.07) is 0. The first kappa shape index (κ1) is 31.5. The van der Waals surface area contributed by atoms with Crippen LogP contribution in [0, 0.1) is 28.7 Å². The van der Waals surface area contributed by atoms with Gasteiger partial charge in [-0.25, -0.2) is 0 Å². The van der Waals surface area contributed by atoms with Crippen LogP contribution in [0.1, 0.15) is 33.1 Å². The van der Waals surface area contributed by atoms with Crippen molar-refractivity contribution in [2.24, 2.45) is 22.7 Å². The van der Waals surface area contributed by atoms with Crippen molar-refractivity contribution in [3.8, 4) is 0 Å². The molecule has 0 saturated heterocycles. The second-order valence-corrected chi connectivity index (χ2v) is 7.70. The average molecular weight is 570 g/mol. The molecule has 1 rings (SSSR count). The van der Waals surface area contributed by atoms with Crippen molar-refractivity contribution < 1.29 is 94.9 Å². The summed E-state index contributed by atoms with van der Waals surface area (Å²) in [4.78, 5) is 11.3. The van der Waals surface area contributed by atoms with E-state index in [0.29, 0.717) is 0 Å². The Morgan fingerprint density at radius 3 is 1.22 bits per heavy atom. The monoisotopic (exact) mass is 570 g/mol. The van der Waals surface area contributed by atoms with Crippen molar-refractivity contribution >= 4 is 5.97 Å². The van der Waals surface area contributed by atoms with Gasteiger partial charge in [-0.05, 0) is 44.9 Å². The maximum Gasteiger partial charge on any atom is 0.403 e. The van der Waals surface area contributed by atoms with Gasteiger partial charge in [-0.15, -0.1) is 0 Å². The molecule has 0 aromatic rings. The fourth-order valence-electron chi connectivity index (χ4n) is 3.75. The van der Waals surface area contributed by atoms with Crippen molar-refractivity contribution in [2.45, 2.75) is 63.9 Å². The van der Waals surface area contributed by atoms with Gasteiger partial charge in [0.1, 0.15) is 5.97 Å². The molecule has 1 radical (unpaired) electrons. The average Bonchev–Trinajstić information content (AvgIpc) is 2.55. The summed E-state index contributed by atoms with van der Waals surface area (Å²) >= 11 is 0. The quantitative estimate of drug-likeness (QED) is 0.166. The molecule has 15 heteroatoms. The molecule has 2 unspecified atom stereocenters. The van der Waals surface area contributed by atoms with E-state index < -0.39 is 78.7 Å². The molecule has 2 nitrogen and oxygen atoms in total. The number of ether oxygens (including phenoxy) is 1. The van der Waals surface area contributed by atoms with Crippen LogP contribution >= 0.6 is 0 Å². The maximum atomic E-state index is 13.4. The molecule has 0 amide bonds. The Bertz CT molecular complexity index is 603. The molecule has 185 valence electrons. The van der Waals surface area contributed by atoms with Gasteiger partial charge in [-0.3, -0.25) is 11.4 Å². The number of hydrogen-bond acceptors (Lipinski definition) is 2. The molecule has 1 aliphatic carbocycles. The van der Waals surface area contributed by atoms with Gasteiger partial charge in [0.2, 0.25) is 0 Å². The minimum absolute atomic E-state index is 0. The molecule has 2 atom stereocenters. The molecule has 0 bridgehead atoms. The summed E-state index contributed by atoms with van der Waals surface area (Å²) in [6.07, 6.45) is -29.0. The van der Waals surface area contributed by atoms with Crippen LogP contribution in [-0.4, -0.2) is 36.8 Å².